The fourth-order valence-electron chi connectivity index (χ4n) is 1.20. The van der Waals surface area contributed by atoms with E-state index in [0.717, 1.165) is 5.92 Å². The van der Waals surface area contributed by atoms with Crippen molar-refractivity contribution in [2.45, 2.75) is 26.7 Å². The second-order valence-corrected chi connectivity index (χ2v) is 5.02. The maximum atomic E-state index is 2.32. The first-order valence-corrected chi connectivity index (χ1v) is 5.66. The molecule has 0 radical (unpaired) electrons. The van der Waals surface area contributed by atoms with Gasteiger partial charge < -0.3 is 0 Å². The van der Waals surface area contributed by atoms with Gasteiger partial charge in [0.25, 0.3) is 0 Å². The van der Waals surface area contributed by atoms with E-state index in [9.17, 15) is 0 Å². The predicted octanol–water partition coefficient (Wildman–Crippen LogP) is 2.79. The molecule has 0 aliphatic heterocycles. The third kappa shape index (κ3) is 1.69. The molecule has 1 aliphatic carbocycles. The Balaban J connectivity index is 2.70. The van der Waals surface area contributed by atoms with Crippen molar-refractivity contribution in [2.24, 2.45) is 5.92 Å². The Hall–Kier alpha value is 0.350. The van der Waals surface area contributed by atoms with Crippen LogP contribution in [-0.2, 0) is 24.4 Å². The molecule has 1 heteroatoms. The monoisotopic (exact) mass is 301 g/mol. The van der Waals surface area contributed by atoms with Crippen LogP contribution < -0.4 is 0 Å². The number of allylic oxidation sites excluding steroid dienone is 4. The van der Waals surface area contributed by atoms with Crippen LogP contribution in [0.15, 0.2) is 21.1 Å². The Morgan fingerprint density at radius 1 is 1.70 bits per heavy atom. The third-order valence-corrected chi connectivity index (χ3v) is 3.88. The molecule has 0 spiro atoms. The van der Waals surface area contributed by atoms with Gasteiger partial charge in [0.1, 0.15) is 0 Å². The molecule has 0 aromatic carbocycles. The number of hydrogen-bond acceptors (Lipinski definition) is 0. The fraction of sp³-hybridized carbons (Fsp3) is 0.556. The summed E-state index contributed by atoms with van der Waals surface area (Å²) in [7, 11) is 0. The van der Waals surface area contributed by atoms with Crippen LogP contribution in [0.4, 0.5) is 0 Å². The molecule has 0 heterocycles. The van der Waals surface area contributed by atoms with E-state index in [0.29, 0.717) is 0 Å². The van der Waals surface area contributed by atoms with Crippen molar-refractivity contribution in [3.8, 4) is 0 Å². The van der Waals surface area contributed by atoms with Gasteiger partial charge in [-0.1, -0.05) is 0 Å². The molecule has 0 saturated carbocycles. The molecule has 0 aromatic rings. The van der Waals surface area contributed by atoms with Crippen LogP contribution in [0.1, 0.15) is 26.7 Å². The van der Waals surface area contributed by atoms with Crippen LogP contribution in [0, 0.1) is 5.92 Å². The zero-order valence-corrected chi connectivity index (χ0v) is 10.2. The van der Waals surface area contributed by atoms with Crippen LogP contribution in [0.3, 0.4) is 0 Å². The second-order valence-electron chi connectivity index (χ2n) is 2.85. The summed E-state index contributed by atoms with van der Waals surface area (Å²) < 4.78 is 1.70. The second kappa shape index (κ2) is 3.66. The van der Waals surface area contributed by atoms with Crippen LogP contribution in [-0.4, -0.2) is 0 Å². The first-order chi connectivity index (χ1) is 4.75. The van der Waals surface area contributed by atoms with Crippen LogP contribution >= 0.6 is 0 Å². The minimum atomic E-state index is 0.797. The van der Waals surface area contributed by atoms with E-state index in [4.69, 9.17) is 0 Å². The van der Waals surface area contributed by atoms with Gasteiger partial charge in [-0.2, -0.15) is 0 Å². The van der Waals surface area contributed by atoms with Crippen molar-refractivity contribution < 1.29 is 24.4 Å². The summed E-state index contributed by atoms with van der Waals surface area (Å²) in [5.74, 6) is 0.797. The van der Waals surface area contributed by atoms with Crippen LogP contribution in [0.25, 0.3) is 0 Å². The molecule has 53 valence electrons. The van der Waals surface area contributed by atoms with E-state index in [2.05, 4.69) is 26.0 Å². The zero-order chi connectivity index (χ0) is 7.56. The van der Waals surface area contributed by atoms with E-state index in [1.54, 1.807) is 8.90 Å². The van der Waals surface area contributed by atoms with Gasteiger partial charge in [0.05, 0.1) is 0 Å². The summed E-state index contributed by atoms with van der Waals surface area (Å²) in [6.07, 6.45) is 7.14. The van der Waals surface area contributed by atoms with Crippen molar-refractivity contribution in [1.29, 1.82) is 0 Å². The van der Waals surface area contributed by atoms with Gasteiger partial charge in [-0.3, -0.25) is 0 Å². The summed E-state index contributed by atoms with van der Waals surface area (Å²) in [6, 6.07) is 0. The van der Waals surface area contributed by atoms with Crippen molar-refractivity contribution in [3.63, 3.8) is 0 Å². The van der Waals surface area contributed by atoms with E-state index in [-0.39, 0.29) is 0 Å². The molecule has 0 aromatic heterocycles. The van der Waals surface area contributed by atoms with Gasteiger partial charge in [0.15, 0.2) is 0 Å². The molecule has 10 heavy (non-hydrogen) atoms. The van der Waals surface area contributed by atoms with Gasteiger partial charge in [-0.05, 0) is 0 Å². The average Bonchev–Trinajstić information content (AvgIpc) is 2.34. The molecule has 0 amide bonds. The summed E-state index contributed by atoms with van der Waals surface area (Å²) in [5, 5.41) is 0. The quantitative estimate of drug-likeness (QED) is 0.688. The van der Waals surface area contributed by atoms with Gasteiger partial charge in [0.2, 0.25) is 0 Å². The van der Waals surface area contributed by atoms with Crippen molar-refractivity contribution >= 4 is 0 Å². The molecule has 0 N–H and O–H groups in total. The molecule has 0 bridgehead atoms. The fourth-order valence-corrected chi connectivity index (χ4v) is 2.81. The van der Waals surface area contributed by atoms with E-state index >= 15 is 0 Å². The molecule has 1 unspecified atom stereocenters. The molecule has 1 aliphatic rings. The van der Waals surface area contributed by atoms with E-state index in [1.807, 2.05) is 0 Å². The van der Waals surface area contributed by atoms with Crippen LogP contribution in [0.2, 0.25) is 0 Å². The zero-order valence-electron chi connectivity index (χ0n) is 6.65. The summed E-state index contributed by atoms with van der Waals surface area (Å²) in [6.45, 7) is 4.58. The molecule has 0 nitrogen and oxygen atoms in total. The van der Waals surface area contributed by atoms with Gasteiger partial charge >= 0.3 is 78.0 Å². The first kappa shape index (κ1) is 8.45. The van der Waals surface area contributed by atoms with Crippen molar-refractivity contribution in [3.05, 3.63) is 21.1 Å². The van der Waals surface area contributed by atoms with Crippen molar-refractivity contribution in [2.75, 3.05) is 0 Å². The molecular formula is C9H13Hf. The predicted molar refractivity (Wildman–Crippen MR) is 40.2 cm³/mol. The van der Waals surface area contributed by atoms with E-state index < -0.39 is 0 Å². The Morgan fingerprint density at radius 2 is 2.40 bits per heavy atom. The van der Waals surface area contributed by atoms with Crippen LogP contribution in [0.5, 0.6) is 0 Å². The molecule has 1 atom stereocenters. The Kier molecular flexibility index (Phi) is 3.09. The van der Waals surface area contributed by atoms with Gasteiger partial charge in [-0.25, -0.2) is 0 Å². The Morgan fingerprint density at radius 3 is 2.80 bits per heavy atom. The van der Waals surface area contributed by atoms with Gasteiger partial charge in [-0.15, -0.1) is 0 Å². The van der Waals surface area contributed by atoms with E-state index in [1.165, 1.54) is 37.2 Å². The van der Waals surface area contributed by atoms with Gasteiger partial charge in [0, 0.05) is 0 Å². The third-order valence-electron chi connectivity index (χ3n) is 2.11. The SMILES string of the molecule is CCC(C)C1=[C]([Hf])CC=C1. The normalized spacial score (nSPS) is 20.1. The Bertz CT molecular complexity index is 177. The first-order valence-electron chi connectivity index (χ1n) is 3.87. The Labute approximate surface area is 78.0 Å². The standard InChI is InChI=1S/C9H13.Hf/c1-3-8(2)9-6-4-5-7-9;/h4,6,8H,3,5H2,1-2H3;. The number of rotatable bonds is 2. The maximum absolute atomic E-state index is 2.32. The minimum absolute atomic E-state index is 0.797. The molecule has 1 rings (SSSR count). The van der Waals surface area contributed by atoms with Crippen molar-refractivity contribution in [1.82, 2.24) is 0 Å². The summed E-state index contributed by atoms with van der Waals surface area (Å²) in [4.78, 5) is 0. The summed E-state index contributed by atoms with van der Waals surface area (Å²) in [5.41, 5.74) is 1.63. The topological polar surface area (TPSA) is 0 Å². The number of hydrogen-bond donors (Lipinski definition) is 0. The molecule has 0 fully saturated rings. The average molecular weight is 300 g/mol. The summed E-state index contributed by atoms with van der Waals surface area (Å²) >= 11 is 1.26. The molecule has 0 saturated heterocycles. The molecular weight excluding hydrogens is 287 g/mol.